The van der Waals surface area contributed by atoms with Crippen LogP contribution < -0.4 is 0 Å². The second-order valence-electron chi connectivity index (χ2n) is 3.53. The van der Waals surface area contributed by atoms with Crippen LogP contribution in [0.2, 0.25) is 5.02 Å². The summed E-state index contributed by atoms with van der Waals surface area (Å²) in [7, 11) is 0. The molecule has 0 aliphatic carbocycles. The van der Waals surface area contributed by atoms with Crippen molar-refractivity contribution >= 4 is 60.6 Å². The van der Waals surface area contributed by atoms with E-state index < -0.39 is 0 Å². The Kier molecular flexibility index (Phi) is 4.08. The predicted octanol–water partition coefficient (Wildman–Crippen LogP) is 5.47. The summed E-state index contributed by atoms with van der Waals surface area (Å²) in [6, 6.07) is 7.13. The second-order valence-corrected chi connectivity index (χ2v) is 7.16. The first-order valence-electron chi connectivity index (χ1n) is 4.74. The summed E-state index contributed by atoms with van der Waals surface area (Å²) in [6.07, 6.45) is 0. The summed E-state index contributed by atoms with van der Waals surface area (Å²) in [6.45, 7) is 1.89. The monoisotopic (exact) mass is 392 g/mol. The first kappa shape index (κ1) is 13.3. The lowest BCUT2D eigenvalue weighted by atomic mass is 10.1. The van der Waals surface area contributed by atoms with Gasteiger partial charge in [-0.15, -0.1) is 11.3 Å². The van der Waals surface area contributed by atoms with Crippen molar-refractivity contribution in [3.63, 3.8) is 0 Å². The van der Waals surface area contributed by atoms with Gasteiger partial charge in [0.05, 0.1) is 8.66 Å². The molecule has 0 fully saturated rings. The summed E-state index contributed by atoms with van der Waals surface area (Å²) in [5, 5.41) is 0.676. The average molecular weight is 395 g/mol. The molecule has 2 rings (SSSR count). The highest BCUT2D eigenvalue weighted by Crippen LogP contribution is 2.33. The minimum Gasteiger partial charge on any atom is -0.288 e. The van der Waals surface area contributed by atoms with Crippen molar-refractivity contribution < 1.29 is 4.79 Å². The Labute approximate surface area is 125 Å². The zero-order valence-electron chi connectivity index (χ0n) is 8.76. The van der Waals surface area contributed by atoms with Crippen LogP contribution in [0.3, 0.4) is 0 Å². The molecule has 0 amide bonds. The molecule has 0 radical (unpaired) electrons. The molecule has 0 aliphatic rings. The number of carbonyl (C=O) groups is 1. The third kappa shape index (κ3) is 2.81. The third-order valence-corrected chi connectivity index (χ3v) is 5.97. The Balaban J connectivity index is 2.40. The van der Waals surface area contributed by atoms with E-state index in [0.29, 0.717) is 15.5 Å². The van der Waals surface area contributed by atoms with E-state index in [1.165, 1.54) is 11.3 Å². The molecule has 0 unspecified atom stereocenters. The van der Waals surface area contributed by atoms with E-state index in [2.05, 4.69) is 31.9 Å². The van der Waals surface area contributed by atoms with Crippen molar-refractivity contribution in [1.82, 2.24) is 0 Å². The number of hydrogen-bond donors (Lipinski definition) is 0. The predicted molar refractivity (Wildman–Crippen MR) is 79.3 cm³/mol. The quantitative estimate of drug-likeness (QED) is 0.618. The number of aryl methyl sites for hydroxylation is 1. The van der Waals surface area contributed by atoms with Crippen molar-refractivity contribution in [3.8, 4) is 0 Å². The lowest BCUT2D eigenvalue weighted by molar-refractivity contribution is 0.104. The molecule has 1 heterocycles. The summed E-state index contributed by atoms with van der Waals surface area (Å²) in [4.78, 5) is 12.9. The van der Waals surface area contributed by atoms with Gasteiger partial charge < -0.3 is 0 Å². The van der Waals surface area contributed by atoms with E-state index >= 15 is 0 Å². The number of halogens is 3. The topological polar surface area (TPSA) is 17.1 Å². The van der Waals surface area contributed by atoms with E-state index in [4.69, 9.17) is 11.6 Å². The minimum atomic E-state index is 0.0150. The number of thiophene rings is 1. The van der Waals surface area contributed by atoms with Gasteiger partial charge >= 0.3 is 0 Å². The number of carbonyl (C=O) groups excluding carboxylic acids is 1. The van der Waals surface area contributed by atoms with E-state index in [1.807, 2.05) is 19.1 Å². The summed E-state index contributed by atoms with van der Waals surface area (Å²) in [5.74, 6) is 0.0150. The van der Waals surface area contributed by atoms with E-state index in [1.54, 1.807) is 12.1 Å². The molecule has 17 heavy (non-hydrogen) atoms. The van der Waals surface area contributed by atoms with Crippen LogP contribution in [0.15, 0.2) is 32.5 Å². The molecule has 5 heteroatoms. The number of hydrogen-bond acceptors (Lipinski definition) is 2. The van der Waals surface area contributed by atoms with Gasteiger partial charge in [0.25, 0.3) is 0 Å². The van der Waals surface area contributed by atoms with E-state index in [-0.39, 0.29) is 5.78 Å². The van der Waals surface area contributed by atoms with Crippen LogP contribution in [0.4, 0.5) is 0 Å². The summed E-state index contributed by atoms with van der Waals surface area (Å²) >= 11 is 14.1. The van der Waals surface area contributed by atoms with Crippen molar-refractivity contribution in [2.24, 2.45) is 0 Å². The molecule has 2 aromatic rings. The molecule has 0 N–H and O–H groups in total. The molecular formula is C12H7Br2ClOS. The number of rotatable bonds is 2. The molecule has 0 saturated carbocycles. The van der Waals surface area contributed by atoms with Crippen LogP contribution in [0, 0.1) is 6.92 Å². The number of benzene rings is 1. The zero-order chi connectivity index (χ0) is 12.6. The van der Waals surface area contributed by atoms with Crippen LogP contribution in [0.5, 0.6) is 0 Å². The molecule has 88 valence electrons. The molecule has 0 saturated heterocycles. The second kappa shape index (κ2) is 5.22. The van der Waals surface area contributed by atoms with Gasteiger partial charge in [0.15, 0.2) is 0 Å². The maximum atomic E-state index is 12.2. The van der Waals surface area contributed by atoms with Gasteiger partial charge in [-0.05, 0) is 68.6 Å². The maximum Gasteiger partial charge on any atom is 0.203 e. The third-order valence-electron chi connectivity index (χ3n) is 2.29. The van der Waals surface area contributed by atoms with Crippen LogP contribution in [-0.4, -0.2) is 5.78 Å². The molecule has 0 spiro atoms. The van der Waals surface area contributed by atoms with Gasteiger partial charge in [0.2, 0.25) is 5.78 Å². The fraction of sp³-hybridized carbons (Fsp3) is 0.0833. The van der Waals surface area contributed by atoms with Crippen LogP contribution >= 0.6 is 54.8 Å². The van der Waals surface area contributed by atoms with E-state index in [0.717, 1.165) is 13.8 Å². The number of ketones is 1. The highest BCUT2D eigenvalue weighted by Gasteiger charge is 2.14. The minimum absolute atomic E-state index is 0.0150. The fourth-order valence-electron chi connectivity index (χ4n) is 1.39. The Hall–Kier alpha value is -0.160. The highest BCUT2D eigenvalue weighted by molar-refractivity contribution is 9.13. The molecule has 0 aliphatic heterocycles. The molecule has 1 aromatic heterocycles. The highest BCUT2D eigenvalue weighted by atomic mass is 79.9. The molecule has 0 bridgehead atoms. The van der Waals surface area contributed by atoms with Gasteiger partial charge in [-0.2, -0.15) is 0 Å². The lowest BCUT2D eigenvalue weighted by Gasteiger charge is -2.01. The Morgan fingerprint density at radius 2 is 2.00 bits per heavy atom. The summed E-state index contributed by atoms with van der Waals surface area (Å²) in [5.41, 5.74) is 1.57. The van der Waals surface area contributed by atoms with Crippen molar-refractivity contribution in [3.05, 3.63) is 53.6 Å². The first-order chi connectivity index (χ1) is 7.99. The van der Waals surface area contributed by atoms with Gasteiger partial charge in [-0.1, -0.05) is 11.6 Å². The fourth-order valence-corrected chi connectivity index (χ4v) is 3.50. The first-order valence-corrected chi connectivity index (χ1v) is 7.53. The van der Waals surface area contributed by atoms with Gasteiger partial charge in [-0.3, -0.25) is 4.79 Å². The standard InChI is InChI=1S/C12H7Br2ClOS/c1-6-4-7(2-3-9(6)15)11(16)10-5-8(13)12(14)17-10/h2-5H,1H3. The smallest absolute Gasteiger partial charge is 0.203 e. The lowest BCUT2D eigenvalue weighted by Crippen LogP contribution is -1.98. The van der Waals surface area contributed by atoms with Crippen LogP contribution in [0.25, 0.3) is 0 Å². The van der Waals surface area contributed by atoms with Crippen molar-refractivity contribution in [2.75, 3.05) is 0 Å². The van der Waals surface area contributed by atoms with Crippen molar-refractivity contribution in [2.45, 2.75) is 6.92 Å². The molecule has 1 aromatic carbocycles. The SMILES string of the molecule is Cc1cc(C(=O)c2cc(Br)c(Br)s2)ccc1Cl. The molecule has 0 atom stereocenters. The van der Waals surface area contributed by atoms with Crippen LogP contribution in [0.1, 0.15) is 20.8 Å². The Morgan fingerprint density at radius 3 is 2.53 bits per heavy atom. The van der Waals surface area contributed by atoms with Gasteiger partial charge in [-0.25, -0.2) is 0 Å². The largest absolute Gasteiger partial charge is 0.288 e. The molecule has 1 nitrogen and oxygen atoms in total. The van der Waals surface area contributed by atoms with Gasteiger partial charge in [0.1, 0.15) is 0 Å². The normalized spacial score (nSPS) is 10.6. The zero-order valence-corrected chi connectivity index (χ0v) is 13.5. The maximum absolute atomic E-state index is 12.2. The Bertz CT molecular complexity index is 573. The van der Waals surface area contributed by atoms with E-state index in [9.17, 15) is 4.79 Å². The Morgan fingerprint density at radius 1 is 1.29 bits per heavy atom. The van der Waals surface area contributed by atoms with Crippen LogP contribution in [-0.2, 0) is 0 Å². The van der Waals surface area contributed by atoms with Crippen molar-refractivity contribution in [1.29, 1.82) is 0 Å². The average Bonchev–Trinajstić information content (AvgIpc) is 2.62. The molecular weight excluding hydrogens is 387 g/mol. The summed E-state index contributed by atoms with van der Waals surface area (Å²) < 4.78 is 1.82. The van der Waals surface area contributed by atoms with Gasteiger partial charge in [0, 0.05) is 15.1 Å².